The van der Waals surface area contributed by atoms with Crippen molar-refractivity contribution in [2.24, 2.45) is 11.3 Å². The number of anilines is 1. The summed E-state index contributed by atoms with van der Waals surface area (Å²) in [5, 5.41) is 13.9. The molecule has 1 heterocycles. The summed E-state index contributed by atoms with van der Waals surface area (Å²) in [6.07, 6.45) is 3.96. The standard InChI is InChI=1S/C12H17N3O2/c1-9(2)12(5-6-12)8-14-11-10(15(16)17)4-3-7-13-11/h3-4,7,9H,5-6,8H2,1-2H3,(H,13,14). The number of hydrogen-bond acceptors (Lipinski definition) is 4. The Hall–Kier alpha value is -1.65. The molecule has 0 aromatic carbocycles. The smallest absolute Gasteiger partial charge is 0.311 e. The SMILES string of the molecule is CC(C)C1(CNc2ncccc2[N+](=O)[O-])CC1. The Morgan fingerprint density at radius 1 is 1.59 bits per heavy atom. The van der Waals surface area contributed by atoms with Crippen molar-refractivity contribution in [2.75, 3.05) is 11.9 Å². The van der Waals surface area contributed by atoms with Crippen LogP contribution in [0, 0.1) is 21.4 Å². The molecule has 0 amide bonds. The third-order valence-electron chi connectivity index (χ3n) is 3.71. The molecule has 1 aromatic rings. The molecule has 0 aliphatic heterocycles. The van der Waals surface area contributed by atoms with Gasteiger partial charge in [-0.2, -0.15) is 0 Å². The van der Waals surface area contributed by atoms with Gasteiger partial charge in [0.25, 0.3) is 0 Å². The number of hydrogen-bond donors (Lipinski definition) is 1. The van der Waals surface area contributed by atoms with Crippen LogP contribution in [0.5, 0.6) is 0 Å². The van der Waals surface area contributed by atoms with Crippen LogP contribution in [0.15, 0.2) is 18.3 Å². The van der Waals surface area contributed by atoms with Crippen molar-refractivity contribution in [3.8, 4) is 0 Å². The van der Waals surface area contributed by atoms with E-state index in [1.165, 1.54) is 18.9 Å². The molecule has 0 saturated heterocycles. The maximum atomic E-state index is 10.8. The lowest BCUT2D eigenvalue weighted by atomic mass is 9.92. The van der Waals surface area contributed by atoms with Gasteiger partial charge >= 0.3 is 5.69 Å². The van der Waals surface area contributed by atoms with Crippen molar-refractivity contribution in [1.82, 2.24) is 4.98 Å². The molecule has 5 nitrogen and oxygen atoms in total. The van der Waals surface area contributed by atoms with Gasteiger partial charge in [-0.05, 0) is 30.2 Å². The van der Waals surface area contributed by atoms with Crippen molar-refractivity contribution in [3.63, 3.8) is 0 Å². The summed E-state index contributed by atoms with van der Waals surface area (Å²) in [5.41, 5.74) is 0.359. The summed E-state index contributed by atoms with van der Waals surface area (Å²) in [6.45, 7) is 5.16. The average Bonchev–Trinajstić information content (AvgIpc) is 3.07. The second-order valence-electron chi connectivity index (χ2n) is 5.00. The summed E-state index contributed by atoms with van der Waals surface area (Å²) >= 11 is 0. The highest BCUT2D eigenvalue weighted by atomic mass is 16.6. The fraction of sp³-hybridized carbons (Fsp3) is 0.583. The topological polar surface area (TPSA) is 68.1 Å². The molecular formula is C12H17N3O2. The molecule has 17 heavy (non-hydrogen) atoms. The van der Waals surface area contributed by atoms with Gasteiger partial charge in [0.2, 0.25) is 5.82 Å². The normalized spacial score (nSPS) is 16.9. The Morgan fingerprint density at radius 3 is 2.82 bits per heavy atom. The molecule has 1 N–H and O–H groups in total. The molecule has 0 spiro atoms. The lowest BCUT2D eigenvalue weighted by Crippen LogP contribution is -2.21. The number of rotatable bonds is 5. The molecule has 1 saturated carbocycles. The van der Waals surface area contributed by atoms with E-state index in [1.54, 1.807) is 12.3 Å². The van der Waals surface area contributed by atoms with Crippen LogP contribution in [0.25, 0.3) is 0 Å². The van der Waals surface area contributed by atoms with Crippen molar-refractivity contribution in [1.29, 1.82) is 0 Å². The highest BCUT2D eigenvalue weighted by Crippen LogP contribution is 2.51. The van der Waals surface area contributed by atoms with E-state index < -0.39 is 4.92 Å². The van der Waals surface area contributed by atoms with E-state index in [4.69, 9.17) is 0 Å². The minimum atomic E-state index is -0.399. The zero-order chi connectivity index (χ0) is 12.5. The van der Waals surface area contributed by atoms with E-state index in [0.717, 1.165) is 6.54 Å². The van der Waals surface area contributed by atoms with Crippen molar-refractivity contribution in [3.05, 3.63) is 28.4 Å². The van der Waals surface area contributed by atoms with Crippen LogP contribution >= 0.6 is 0 Å². The molecule has 1 aromatic heterocycles. The second kappa shape index (κ2) is 4.31. The zero-order valence-corrected chi connectivity index (χ0v) is 10.1. The largest absolute Gasteiger partial charge is 0.364 e. The van der Waals surface area contributed by atoms with Gasteiger partial charge in [-0.1, -0.05) is 13.8 Å². The Kier molecular flexibility index (Phi) is 3.00. The second-order valence-corrected chi connectivity index (χ2v) is 5.00. The molecule has 0 unspecified atom stereocenters. The van der Waals surface area contributed by atoms with E-state index in [9.17, 15) is 10.1 Å². The minimum Gasteiger partial charge on any atom is -0.364 e. The molecule has 0 atom stereocenters. The highest BCUT2D eigenvalue weighted by Gasteiger charge is 2.45. The van der Waals surface area contributed by atoms with Crippen LogP contribution in [0.4, 0.5) is 11.5 Å². The van der Waals surface area contributed by atoms with E-state index in [2.05, 4.69) is 24.1 Å². The summed E-state index contributed by atoms with van der Waals surface area (Å²) in [7, 11) is 0. The quantitative estimate of drug-likeness (QED) is 0.629. The monoisotopic (exact) mass is 235 g/mol. The van der Waals surface area contributed by atoms with Gasteiger partial charge in [-0.15, -0.1) is 0 Å². The first-order chi connectivity index (χ1) is 8.05. The van der Waals surface area contributed by atoms with E-state index >= 15 is 0 Å². The molecular weight excluding hydrogens is 218 g/mol. The van der Waals surface area contributed by atoms with Gasteiger partial charge in [0.1, 0.15) is 0 Å². The van der Waals surface area contributed by atoms with E-state index in [-0.39, 0.29) is 5.69 Å². The molecule has 0 radical (unpaired) electrons. The van der Waals surface area contributed by atoms with Crippen LogP contribution < -0.4 is 5.32 Å². The number of nitrogens with zero attached hydrogens (tertiary/aromatic N) is 2. The van der Waals surface area contributed by atoms with Gasteiger partial charge in [0.05, 0.1) is 4.92 Å². The average molecular weight is 235 g/mol. The van der Waals surface area contributed by atoms with E-state index in [1.807, 2.05) is 0 Å². The van der Waals surface area contributed by atoms with Gasteiger partial charge in [-0.3, -0.25) is 10.1 Å². The van der Waals surface area contributed by atoms with Gasteiger partial charge in [-0.25, -0.2) is 4.98 Å². The predicted molar refractivity (Wildman–Crippen MR) is 65.9 cm³/mol. The zero-order valence-electron chi connectivity index (χ0n) is 10.1. The van der Waals surface area contributed by atoms with Crippen molar-refractivity contribution < 1.29 is 4.92 Å². The molecule has 1 fully saturated rings. The Balaban J connectivity index is 2.07. The van der Waals surface area contributed by atoms with E-state index in [0.29, 0.717) is 17.2 Å². The van der Waals surface area contributed by atoms with Gasteiger partial charge < -0.3 is 5.32 Å². The van der Waals surface area contributed by atoms with Gasteiger partial charge in [0.15, 0.2) is 0 Å². The fourth-order valence-electron chi connectivity index (χ4n) is 2.06. The third-order valence-corrected chi connectivity index (χ3v) is 3.71. The van der Waals surface area contributed by atoms with Crippen LogP contribution in [-0.4, -0.2) is 16.5 Å². The number of nitro groups is 1. The number of nitrogens with one attached hydrogen (secondary N) is 1. The number of pyridine rings is 1. The molecule has 92 valence electrons. The van der Waals surface area contributed by atoms with Gasteiger partial charge in [0, 0.05) is 18.8 Å². The Bertz CT molecular complexity index is 428. The van der Waals surface area contributed by atoms with Crippen LogP contribution in [0.3, 0.4) is 0 Å². The van der Waals surface area contributed by atoms with Crippen molar-refractivity contribution >= 4 is 11.5 Å². The Morgan fingerprint density at radius 2 is 2.29 bits per heavy atom. The maximum absolute atomic E-state index is 10.8. The summed E-state index contributed by atoms with van der Waals surface area (Å²) in [4.78, 5) is 14.5. The fourth-order valence-corrected chi connectivity index (χ4v) is 2.06. The highest BCUT2D eigenvalue weighted by molar-refractivity contribution is 5.55. The first-order valence-corrected chi connectivity index (χ1v) is 5.88. The first kappa shape index (κ1) is 11.8. The van der Waals surface area contributed by atoms with Crippen molar-refractivity contribution in [2.45, 2.75) is 26.7 Å². The van der Waals surface area contributed by atoms with Crippen LogP contribution in [-0.2, 0) is 0 Å². The van der Waals surface area contributed by atoms with Crippen LogP contribution in [0.2, 0.25) is 0 Å². The third kappa shape index (κ3) is 2.38. The number of aromatic nitrogens is 1. The molecule has 0 bridgehead atoms. The first-order valence-electron chi connectivity index (χ1n) is 5.88. The maximum Gasteiger partial charge on any atom is 0.311 e. The molecule has 1 aliphatic rings. The molecule has 1 aliphatic carbocycles. The predicted octanol–water partition coefficient (Wildman–Crippen LogP) is 2.84. The molecule has 2 rings (SSSR count). The summed E-state index contributed by atoms with van der Waals surface area (Å²) in [6, 6.07) is 3.06. The lowest BCUT2D eigenvalue weighted by Gasteiger charge is -2.20. The summed E-state index contributed by atoms with van der Waals surface area (Å²) < 4.78 is 0. The molecule has 5 heteroatoms. The minimum absolute atomic E-state index is 0.0482. The lowest BCUT2D eigenvalue weighted by molar-refractivity contribution is -0.384. The Labute approximate surface area is 100 Å². The summed E-state index contributed by atoms with van der Waals surface area (Å²) in [5.74, 6) is 0.974. The van der Waals surface area contributed by atoms with Crippen LogP contribution in [0.1, 0.15) is 26.7 Å².